The van der Waals surface area contributed by atoms with Gasteiger partial charge >= 0.3 is 0 Å². The lowest BCUT2D eigenvalue weighted by molar-refractivity contribution is -0.133. The standard InChI is InChI=1S/C27H31ClN4O2/c1-7-9-24(29-5)21-12-18(4)31-26-20(21)10-8-11-25(26)34-16-22-19(13-30-14-23(22)28)15-32(6)27(33)17(2)3/h7-14,17,29H,1,15-16H2,2-6H3/b24-9-. The fourth-order valence-corrected chi connectivity index (χ4v) is 4.07. The van der Waals surface area contributed by atoms with Crippen LogP contribution < -0.4 is 10.1 Å². The fraction of sp³-hybridized carbons (Fsp3) is 0.296. The Morgan fingerprint density at radius 3 is 2.76 bits per heavy atom. The van der Waals surface area contributed by atoms with Crippen LogP contribution >= 0.6 is 11.6 Å². The average molecular weight is 479 g/mol. The normalized spacial score (nSPS) is 11.6. The summed E-state index contributed by atoms with van der Waals surface area (Å²) in [6.45, 7) is 10.2. The molecule has 1 amide bonds. The number of aryl methyl sites for hydroxylation is 1. The Morgan fingerprint density at radius 2 is 2.09 bits per heavy atom. The van der Waals surface area contributed by atoms with Crippen molar-refractivity contribution in [1.82, 2.24) is 20.2 Å². The number of pyridine rings is 2. The van der Waals surface area contributed by atoms with Crippen molar-refractivity contribution in [3.05, 3.63) is 82.8 Å². The summed E-state index contributed by atoms with van der Waals surface area (Å²) in [5, 5.41) is 4.70. The number of nitrogens with one attached hydrogen (secondary N) is 1. The molecule has 0 atom stereocenters. The Bertz CT molecular complexity index is 1240. The molecule has 2 aromatic heterocycles. The van der Waals surface area contributed by atoms with Crippen LogP contribution in [0.3, 0.4) is 0 Å². The molecule has 1 N–H and O–H groups in total. The lowest BCUT2D eigenvalue weighted by Gasteiger charge is -2.21. The topological polar surface area (TPSA) is 67.4 Å². The highest BCUT2D eigenvalue weighted by atomic mass is 35.5. The van der Waals surface area contributed by atoms with E-state index in [0.29, 0.717) is 17.3 Å². The number of fused-ring (bicyclic) bond motifs is 1. The Morgan fingerprint density at radius 1 is 1.32 bits per heavy atom. The van der Waals surface area contributed by atoms with E-state index in [-0.39, 0.29) is 18.4 Å². The summed E-state index contributed by atoms with van der Waals surface area (Å²) in [5.41, 5.74) is 5.25. The average Bonchev–Trinajstić information content (AvgIpc) is 2.81. The minimum absolute atomic E-state index is 0.0565. The number of benzene rings is 1. The maximum absolute atomic E-state index is 12.4. The van der Waals surface area contributed by atoms with Gasteiger partial charge in [-0.3, -0.25) is 9.78 Å². The van der Waals surface area contributed by atoms with Crippen molar-refractivity contribution < 1.29 is 9.53 Å². The summed E-state index contributed by atoms with van der Waals surface area (Å²) in [4.78, 5) is 23.0. The number of carbonyl (C=O) groups excluding carboxylic acids is 1. The van der Waals surface area contributed by atoms with Crippen molar-refractivity contribution in [2.24, 2.45) is 5.92 Å². The first-order valence-corrected chi connectivity index (χ1v) is 11.5. The molecule has 0 spiro atoms. The lowest BCUT2D eigenvalue weighted by atomic mass is 10.0. The second kappa shape index (κ2) is 11.2. The fourth-order valence-electron chi connectivity index (χ4n) is 3.84. The van der Waals surface area contributed by atoms with Crippen molar-refractivity contribution in [2.45, 2.75) is 33.9 Å². The van der Waals surface area contributed by atoms with Crippen molar-refractivity contribution in [2.75, 3.05) is 14.1 Å². The Hall–Kier alpha value is -3.38. The van der Waals surface area contributed by atoms with E-state index in [0.717, 1.165) is 39.0 Å². The maximum atomic E-state index is 12.4. The Labute approximate surface area is 206 Å². The highest BCUT2D eigenvalue weighted by molar-refractivity contribution is 6.31. The molecule has 0 fully saturated rings. The molecule has 7 heteroatoms. The Balaban J connectivity index is 1.96. The number of carbonyl (C=O) groups is 1. The molecule has 34 heavy (non-hydrogen) atoms. The van der Waals surface area contributed by atoms with E-state index in [4.69, 9.17) is 21.3 Å². The van der Waals surface area contributed by atoms with E-state index in [1.165, 1.54) is 0 Å². The lowest BCUT2D eigenvalue weighted by Crippen LogP contribution is -2.30. The first-order chi connectivity index (χ1) is 16.3. The van der Waals surface area contributed by atoms with Gasteiger partial charge in [0.05, 0.1) is 5.02 Å². The third kappa shape index (κ3) is 5.57. The summed E-state index contributed by atoms with van der Waals surface area (Å²) < 4.78 is 6.26. The van der Waals surface area contributed by atoms with Crippen molar-refractivity contribution in [3.8, 4) is 5.75 Å². The molecule has 0 aliphatic heterocycles. The van der Waals surface area contributed by atoms with Gasteiger partial charge in [0, 0.05) is 66.9 Å². The predicted octanol–water partition coefficient (Wildman–Crippen LogP) is 5.53. The molecular formula is C27H31ClN4O2. The van der Waals surface area contributed by atoms with Gasteiger partial charge in [0.25, 0.3) is 0 Å². The van der Waals surface area contributed by atoms with Crippen molar-refractivity contribution >= 4 is 34.1 Å². The molecule has 178 valence electrons. The molecule has 1 aromatic carbocycles. The monoisotopic (exact) mass is 478 g/mol. The number of hydrogen-bond acceptors (Lipinski definition) is 5. The van der Waals surface area contributed by atoms with Gasteiger partial charge in [0.2, 0.25) is 5.91 Å². The van der Waals surface area contributed by atoms with Crippen molar-refractivity contribution in [3.63, 3.8) is 0 Å². The van der Waals surface area contributed by atoms with Crippen LogP contribution in [0, 0.1) is 12.8 Å². The summed E-state index contributed by atoms with van der Waals surface area (Å²) in [6.07, 6.45) is 7.01. The van der Waals surface area contributed by atoms with E-state index in [1.54, 1.807) is 30.4 Å². The molecule has 3 rings (SSSR count). The van der Waals surface area contributed by atoms with Crippen LogP contribution in [0.4, 0.5) is 0 Å². The van der Waals surface area contributed by atoms with Gasteiger partial charge in [0.15, 0.2) is 0 Å². The van der Waals surface area contributed by atoms with E-state index < -0.39 is 0 Å². The first kappa shape index (κ1) is 25.2. The smallest absolute Gasteiger partial charge is 0.225 e. The largest absolute Gasteiger partial charge is 0.487 e. The molecule has 0 aliphatic carbocycles. The summed E-state index contributed by atoms with van der Waals surface area (Å²) in [7, 11) is 3.66. The Kier molecular flexibility index (Phi) is 8.29. The highest BCUT2D eigenvalue weighted by Gasteiger charge is 2.18. The summed E-state index contributed by atoms with van der Waals surface area (Å²) in [5.74, 6) is 0.622. The van der Waals surface area contributed by atoms with Crippen LogP contribution in [0.2, 0.25) is 5.02 Å². The number of allylic oxidation sites excluding steroid dienone is 2. The molecule has 2 heterocycles. The number of para-hydroxylation sites is 1. The maximum Gasteiger partial charge on any atom is 0.225 e. The van der Waals surface area contributed by atoms with Crippen LogP contribution in [0.5, 0.6) is 5.75 Å². The van der Waals surface area contributed by atoms with Crippen LogP contribution in [-0.2, 0) is 17.9 Å². The zero-order valence-corrected chi connectivity index (χ0v) is 21.1. The van der Waals surface area contributed by atoms with Gasteiger partial charge in [-0.15, -0.1) is 0 Å². The number of amides is 1. The molecule has 6 nitrogen and oxygen atoms in total. The number of nitrogens with zero attached hydrogens (tertiary/aromatic N) is 3. The van der Waals surface area contributed by atoms with Gasteiger partial charge in [0.1, 0.15) is 17.9 Å². The van der Waals surface area contributed by atoms with Crippen LogP contribution in [0.25, 0.3) is 16.6 Å². The second-order valence-electron chi connectivity index (χ2n) is 8.43. The van der Waals surface area contributed by atoms with Crippen LogP contribution in [-0.4, -0.2) is 34.9 Å². The van der Waals surface area contributed by atoms with Crippen molar-refractivity contribution in [1.29, 1.82) is 0 Å². The van der Waals surface area contributed by atoms with E-state index in [1.807, 2.05) is 58.2 Å². The molecule has 0 saturated heterocycles. The SMILES string of the molecule is C=C/C=C(\NC)c1cc(C)nc2c(OCc3c(Cl)cncc3CN(C)C(=O)C(C)C)cccc12. The molecule has 0 saturated carbocycles. The van der Waals surface area contributed by atoms with Gasteiger partial charge in [-0.05, 0) is 30.7 Å². The third-order valence-electron chi connectivity index (χ3n) is 5.52. The summed E-state index contributed by atoms with van der Waals surface area (Å²) >= 11 is 6.50. The number of halogens is 1. The number of hydrogen-bond donors (Lipinski definition) is 1. The van der Waals surface area contributed by atoms with Crippen LogP contribution in [0.1, 0.15) is 36.2 Å². The molecule has 0 bridgehead atoms. The third-order valence-corrected chi connectivity index (χ3v) is 5.84. The molecule has 0 unspecified atom stereocenters. The van der Waals surface area contributed by atoms with Gasteiger partial charge in [-0.1, -0.05) is 50.2 Å². The second-order valence-corrected chi connectivity index (χ2v) is 8.83. The van der Waals surface area contributed by atoms with Gasteiger partial charge < -0.3 is 15.0 Å². The molecule has 0 aliphatic rings. The molecule has 3 aromatic rings. The van der Waals surface area contributed by atoms with E-state index in [2.05, 4.69) is 16.9 Å². The van der Waals surface area contributed by atoms with Gasteiger partial charge in [-0.25, -0.2) is 4.98 Å². The zero-order valence-electron chi connectivity index (χ0n) is 20.4. The quantitative estimate of drug-likeness (QED) is 0.409. The van der Waals surface area contributed by atoms with Gasteiger partial charge in [-0.2, -0.15) is 0 Å². The number of aromatic nitrogens is 2. The zero-order chi connectivity index (χ0) is 24.8. The minimum atomic E-state index is -0.0892. The van der Waals surface area contributed by atoms with E-state index in [9.17, 15) is 4.79 Å². The van der Waals surface area contributed by atoms with Crippen LogP contribution in [0.15, 0.2) is 55.4 Å². The first-order valence-electron chi connectivity index (χ1n) is 11.2. The number of rotatable bonds is 9. The minimum Gasteiger partial charge on any atom is -0.487 e. The molecule has 0 radical (unpaired) electrons. The predicted molar refractivity (Wildman–Crippen MR) is 139 cm³/mol. The number of ether oxygens (including phenoxy) is 1. The molecular weight excluding hydrogens is 448 g/mol. The highest BCUT2D eigenvalue weighted by Crippen LogP contribution is 2.31. The summed E-state index contributed by atoms with van der Waals surface area (Å²) in [6, 6.07) is 7.91. The van der Waals surface area contributed by atoms with E-state index >= 15 is 0 Å².